The Labute approximate surface area is 91.1 Å². The summed E-state index contributed by atoms with van der Waals surface area (Å²) in [4.78, 5) is 25.6. The van der Waals surface area contributed by atoms with E-state index in [2.05, 4.69) is 36.5 Å². The summed E-state index contributed by atoms with van der Waals surface area (Å²) in [5.41, 5.74) is 1.74. The van der Waals surface area contributed by atoms with Crippen molar-refractivity contribution in [3.8, 4) is 11.8 Å². The lowest BCUT2D eigenvalue weighted by molar-refractivity contribution is -0.139. The standard InChI is InChI=1S/C10H8N4O2/c1-16-8(15)4-2-3-7-9-10(13-5-11-7)14-6-12-9/h5-6H,4H2,1H3,(H,11,12,13,14). The largest absolute Gasteiger partial charge is 0.468 e. The van der Waals surface area contributed by atoms with Crippen molar-refractivity contribution in [2.24, 2.45) is 0 Å². The summed E-state index contributed by atoms with van der Waals surface area (Å²) in [5, 5.41) is 0. The Morgan fingerprint density at radius 3 is 3.19 bits per heavy atom. The van der Waals surface area contributed by atoms with E-state index in [4.69, 9.17) is 0 Å². The molecule has 6 heteroatoms. The lowest BCUT2D eigenvalue weighted by atomic mass is 10.3. The normalized spacial score (nSPS) is 9.56. The molecule has 2 rings (SSSR count). The van der Waals surface area contributed by atoms with Gasteiger partial charge in [0, 0.05) is 0 Å². The minimum Gasteiger partial charge on any atom is -0.468 e. The number of hydrogen-bond acceptors (Lipinski definition) is 5. The van der Waals surface area contributed by atoms with Gasteiger partial charge in [0.2, 0.25) is 0 Å². The first kappa shape index (κ1) is 10.1. The van der Waals surface area contributed by atoms with Crippen molar-refractivity contribution in [1.82, 2.24) is 19.9 Å². The van der Waals surface area contributed by atoms with E-state index in [9.17, 15) is 4.79 Å². The summed E-state index contributed by atoms with van der Waals surface area (Å²) in [5.74, 6) is 5.06. The number of aromatic nitrogens is 4. The Balaban J connectivity index is 2.27. The third kappa shape index (κ3) is 1.98. The van der Waals surface area contributed by atoms with Crippen LogP contribution in [0, 0.1) is 11.8 Å². The topological polar surface area (TPSA) is 80.8 Å². The van der Waals surface area contributed by atoms with E-state index >= 15 is 0 Å². The second-order valence-corrected chi connectivity index (χ2v) is 2.88. The Kier molecular flexibility index (Phi) is 2.78. The van der Waals surface area contributed by atoms with Gasteiger partial charge < -0.3 is 9.72 Å². The summed E-state index contributed by atoms with van der Waals surface area (Å²) in [6, 6.07) is 0. The molecule has 0 amide bonds. The molecule has 6 nitrogen and oxygen atoms in total. The third-order valence-electron chi connectivity index (χ3n) is 1.89. The van der Waals surface area contributed by atoms with Crippen molar-refractivity contribution in [3.63, 3.8) is 0 Å². The first-order chi connectivity index (χ1) is 7.81. The second-order valence-electron chi connectivity index (χ2n) is 2.88. The fourth-order valence-electron chi connectivity index (χ4n) is 1.13. The molecule has 0 fully saturated rings. The number of imidazole rings is 1. The van der Waals surface area contributed by atoms with Gasteiger partial charge in [0.05, 0.1) is 13.4 Å². The molecule has 2 heterocycles. The average Bonchev–Trinajstić information content (AvgIpc) is 2.77. The Hall–Kier alpha value is -2.42. The van der Waals surface area contributed by atoms with Crippen molar-refractivity contribution < 1.29 is 9.53 Å². The van der Waals surface area contributed by atoms with Gasteiger partial charge in [-0.15, -0.1) is 0 Å². The highest BCUT2D eigenvalue weighted by Gasteiger charge is 2.02. The number of carbonyl (C=O) groups excluding carboxylic acids is 1. The maximum atomic E-state index is 10.8. The molecule has 0 aromatic carbocycles. The van der Waals surface area contributed by atoms with Crippen LogP contribution in [0.25, 0.3) is 11.2 Å². The van der Waals surface area contributed by atoms with E-state index in [1.807, 2.05) is 0 Å². The summed E-state index contributed by atoms with van der Waals surface area (Å²) in [6.45, 7) is 0. The molecular weight excluding hydrogens is 208 g/mol. The fourth-order valence-corrected chi connectivity index (χ4v) is 1.13. The highest BCUT2D eigenvalue weighted by atomic mass is 16.5. The molecule has 0 radical (unpaired) electrons. The van der Waals surface area contributed by atoms with Gasteiger partial charge in [0.1, 0.15) is 24.0 Å². The number of nitrogens with zero attached hydrogens (tertiary/aromatic N) is 3. The number of hydrogen-bond donors (Lipinski definition) is 1. The maximum absolute atomic E-state index is 10.8. The molecule has 0 saturated heterocycles. The Bertz CT molecular complexity index is 579. The molecule has 0 aliphatic carbocycles. The number of methoxy groups -OCH3 is 1. The van der Waals surface area contributed by atoms with Gasteiger partial charge in [-0.3, -0.25) is 4.79 Å². The van der Waals surface area contributed by atoms with E-state index in [-0.39, 0.29) is 12.4 Å². The zero-order valence-electron chi connectivity index (χ0n) is 8.52. The number of nitrogens with one attached hydrogen (secondary N) is 1. The van der Waals surface area contributed by atoms with Gasteiger partial charge in [-0.1, -0.05) is 5.92 Å². The molecule has 0 unspecified atom stereocenters. The van der Waals surface area contributed by atoms with E-state index < -0.39 is 0 Å². The molecule has 0 atom stereocenters. The molecular formula is C10H8N4O2. The van der Waals surface area contributed by atoms with Crippen LogP contribution in [0.1, 0.15) is 12.1 Å². The molecule has 80 valence electrons. The van der Waals surface area contributed by atoms with Crippen molar-refractivity contribution >= 4 is 17.1 Å². The molecule has 2 aromatic rings. The SMILES string of the molecule is COC(=O)CC#Cc1ncnc2nc[nH]c12. The first-order valence-electron chi connectivity index (χ1n) is 4.51. The summed E-state index contributed by atoms with van der Waals surface area (Å²) < 4.78 is 4.47. The van der Waals surface area contributed by atoms with Gasteiger partial charge in [-0.2, -0.15) is 0 Å². The number of ether oxygens (including phenoxy) is 1. The highest BCUT2D eigenvalue weighted by molar-refractivity contribution is 5.76. The molecule has 0 bridgehead atoms. The smallest absolute Gasteiger partial charge is 0.317 e. The molecule has 0 spiro atoms. The Morgan fingerprint density at radius 2 is 2.38 bits per heavy atom. The molecule has 0 aliphatic rings. The van der Waals surface area contributed by atoms with Gasteiger partial charge in [0.15, 0.2) is 5.65 Å². The van der Waals surface area contributed by atoms with Crippen LogP contribution in [0.15, 0.2) is 12.7 Å². The minimum atomic E-state index is -0.373. The monoisotopic (exact) mass is 216 g/mol. The quantitative estimate of drug-likeness (QED) is 0.546. The Morgan fingerprint density at radius 1 is 1.50 bits per heavy atom. The summed E-state index contributed by atoms with van der Waals surface area (Å²) in [6.07, 6.45) is 2.94. The summed E-state index contributed by atoms with van der Waals surface area (Å²) in [7, 11) is 1.32. The van der Waals surface area contributed by atoms with Crippen LogP contribution >= 0.6 is 0 Å². The van der Waals surface area contributed by atoms with Crippen LogP contribution in [0.4, 0.5) is 0 Å². The highest BCUT2D eigenvalue weighted by Crippen LogP contribution is 2.07. The maximum Gasteiger partial charge on any atom is 0.317 e. The number of H-pyrrole nitrogens is 1. The van der Waals surface area contributed by atoms with E-state index in [1.54, 1.807) is 0 Å². The van der Waals surface area contributed by atoms with E-state index in [0.717, 1.165) is 0 Å². The van der Waals surface area contributed by atoms with E-state index in [1.165, 1.54) is 19.8 Å². The van der Waals surface area contributed by atoms with Gasteiger partial charge in [-0.05, 0) is 5.92 Å². The lowest BCUT2D eigenvalue weighted by Crippen LogP contribution is -1.97. The van der Waals surface area contributed by atoms with Crippen molar-refractivity contribution in [3.05, 3.63) is 18.3 Å². The molecule has 16 heavy (non-hydrogen) atoms. The van der Waals surface area contributed by atoms with Crippen molar-refractivity contribution in [2.45, 2.75) is 6.42 Å². The van der Waals surface area contributed by atoms with Crippen LogP contribution in [0.3, 0.4) is 0 Å². The van der Waals surface area contributed by atoms with E-state index in [0.29, 0.717) is 16.9 Å². The molecule has 0 aliphatic heterocycles. The van der Waals surface area contributed by atoms with Crippen LogP contribution in [0.5, 0.6) is 0 Å². The van der Waals surface area contributed by atoms with Crippen LogP contribution in [-0.4, -0.2) is 33.0 Å². The molecule has 0 saturated carbocycles. The van der Waals surface area contributed by atoms with Crippen molar-refractivity contribution in [2.75, 3.05) is 7.11 Å². The predicted molar refractivity (Wildman–Crippen MR) is 55.2 cm³/mol. The van der Waals surface area contributed by atoms with Crippen molar-refractivity contribution in [1.29, 1.82) is 0 Å². The summed E-state index contributed by atoms with van der Waals surface area (Å²) >= 11 is 0. The lowest BCUT2D eigenvalue weighted by Gasteiger charge is -1.91. The zero-order valence-corrected chi connectivity index (χ0v) is 8.52. The van der Waals surface area contributed by atoms with Gasteiger partial charge >= 0.3 is 5.97 Å². The number of esters is 1. The number of carbonyl (C=O) groups is 1. The first-order valence-corrected chi connectivity index (χ1v) is 4.51. The fraction of sp³-hybridized carbons (Fsp3) is 0.200. The van der Waals surface area contributed by atoms with Crippen LogP contribution in [0.2, 0.25) is 0 Å². The zero-order chi connectivity index (χ0) is 11.4. The number of rotatable bonds is 1. The van der Waals surface area contributed by atoms with Crippen LogP contribution in [-0.2, 0) is 9.53 Å². The molecule has 2 aromatic heterocycles. The predicted octanol–water partition coefficient (Wildman–Crippen LogP) is 0.268. The minimum absolute atomic E-state index is 0.0378. The molecule has 1 N–H and O–H groups in total. The third-order valence-corrected chi connectivity index (χ3v) is 1.89. The average molecular weight is 216 g/mol. The number of aromatic amines is 1. The van der Waals surface area contributed by atoms with Crippen LogP contribution < -0.4 is 0 Å². The number of fused-ring (bicyclic) bond motifs is 1. The second kappa shape index (κ2) is 4.40. The van der Waals surface area contributed by atoms with Gasteiger partial charge in [-0.25, -0.2) is 15.0 Å². The van der Waals surface area contributed by atoms with Gasteiger partial charge in [0.25, 0.3) is 0 Å².